The molecule has 1 aliphatic rings. The van der Waals surface area contributed by atoms with Crippen molar-refractivity contribution in [3.05, 3.63) is 52.1 Å². The van der Waals surface area contributed by atoms with E-state index in [1.165, 1.54) is 0 Å². The molecule has 2 N–H and O–H groups in total. The number of hydrogen-bond acceptors (Lipinski definition) is 7. The maximum Gasteiger partial charge on any atom is 0.292 e. The lowest BCUT2D eigenvalue weighted by molar-refractivity contribution is -0.383. The topological polar surface area (TPSA) is 88.9 Å². The Labute approximate surface area is 176 Å². The number of rotatable bonds is 8. The van der Waals surface area contributed by atoms with Crippen molar-refractivity contribution in [1.82, 2.24) is 5.32 Å². The summed E-state index contributed by atoms with van der Waals surface area (Å²) < 4.78 is 10.6. The number of benzene rings is 2. The molecular formula is C20H27ClN4O4. The van der Waals surface area contributed by atoms with E-state index in [0.29, 0.717) is 18.7 Å². The van der Waals surface area contributed by atoms with Crippen LogP contribution in [0.2, 0.25) is 0 Å². The van der Waals surface area contributed by atoms with Gasteiger partial charge in [0.15, 0.2) is 0 Å². The van der Waals surface area contributed by atoms with Crippen molar-refractivity contribution in [3.63, 3.8) is 0 Å². The summed E-state index contributed by atoms with van der Waals surface area (Å²) in [6, 6.07) is 11.0. The van der Waals surface area contributed by atoms with Gasteiger partial charge in [-0.1, -0.05) is 0 Å². The van der Waals surface area contributed by atoms with Gasteiger partial charge >= 0.3 is 0 Å². The summed E-state index contributed by atoms with van der Waals surface area (Å²) in [5.74, 6) is 1.45. The van der Waals surface area contributed by atoms with E-state index < -0.39 is 0 Å². The minimum atomic E-state index is -0.349. The molecule has 0 unspecified atom stereocenters. The smallest absolute Gasteiger partial charge is 0.292 e. The molecule has 0 bridgehead atoms. The number of ether oxygens (including phenoxy) is 2. The van der Waals surface area contributed by atoms with Crippen LogP contribution in [0.3, 0.4) is 0 Å². The van der Waals surface area contributed by atoms with E-state index in [4.69, 9.17) is 9.47 Å². The normalized spacial score (nSPS) is 13.4. The van der Waals surface area contributed by atoms with Gasteiger partial charge in [-0.25, -0.2) is 0 Å². The summed E-state index contributed by atoms with van der Waals surface area (Å²) in [6.07, 6.45) is 0.683. The number of anilines is 2. The summed E-state index contributed by atoms with van der Waals surface area (Å²) in [4.78, 5) is 13.3. The molecule has 8 nitrogen and oxygen atoms in total. The molecule has 0 radical (unpaired) electrons. The lowest BCUT2D eigenvalue weighted by Gasteiger charge is -2.29. The highest BCUT2D eigenvalue weighted by atomic mass is 35.5. The first-order chi connectivity index (χ1) is 13.6. The van der Waals surface area contributed by atoms with Crippen LogP contribution < -0.4 is 25.0 Å². The molecule has 3 rings (SSSR count). The highest BCUT2D eigenvalue weighted by Crippen LogP contribution is 2.30. The molecule has 29 heavy (non-hydrogen) atoms. The van der Waals surface area contributed by atoms with Gasteiger partial charge in [0.25, 0.3) is 5.69 Å². The molecule has 1 aliphatic heterocycles. The van der Waals surface area contributed by atoms with Gasteiger partial charge < -0.3 is 25.0 Å². The lowest BCUT2D eigenvalue weighted by atomic mass is 10.1. The van der Waals surface area contributed by atoms with E-state index in [1.54, 1.807) is 20.3 Å². The van der Waals surface area contributed by atoms with Crippen LogP contribution >= 0.6 is 12.4 Å². The van der Waals surface area contributed by atoms with Crippen molar-refractivity contribution in [2.75, 3.05) is 57.2 Å². The van der Waals surface area contributed by atoms with Gasteiger partial charge in [-0.15, -0.1) is 12.4 Å². The molecule has 2 aromatic carbocycles. The molecule has 9 heteroatoms. The highest BCUT2D eigenvalue weighted by molar-refractivity contribution is 5.85. The van der Waals surface area contributed by atoms with E-state index in [2.05, 4.69) is 15.5 Å². The van der Waals surface area contributed by atoms with Crippen LogP contribution in [0.25, 0.3) is 0 Å². The van der Waals surface area contributed by atoms with Crippen LogP contribution in [0.15, 0.2) is 36.4 Å². The number of halogens is 1. The average molecular weight is 423 g/mol. The Kier molecular flexibility index (Phi) is 8.35. The maximum atomic E-state index is 11.4. The number of hydrogen-bond donors (Lipinski definition) is 2. The standard InChI is InChI=1S/C20H26N4O4.ClH/c1-27-17-11-15(12-18(14-17)28-2)5-6-22-19-13-16(3-4-20(19)24(25)26)23-9-7-21-8-10-23;/h3-4,11-14,21-22H,5-10H2,1-2H3;1H. The fraction of sp³-hybridized carbons (Fsp3) is 0.400. The van der Waals surface area contributed by atoms with Gasteiger partial charge in [-0.2, -0.15) is 0 Å². The predicted octanol–water partition coefficient (Wildman–Crippen LogP) is 3.10. The van der Waals surface area contributed by atoms with Gasteiger partial charge in [-0.3, -0.25) is 10.1 Å². The summed E-state index contributed by atoms with van der Waals surface area (Å²) in [5.41, 5.74) is 2.65. The number of nitro groups is 1. The zero-order chi connectivity index (χ0) is 19.9. The Morgan fingerprint density at radius 2 is 1.76 bits per heavy atom. The number of nitro benzene ring substituents is 1. The number of methoxy groups -OCH3 is 2. The van der Waals surface area contributed by atoms with Crippen molar-refractivity contribution in [1.29, 1.82) is 0 Å². The Balaban J connectivity index is 0.00000300. The lowest BCUT2D eigenvalue weighted by Crippen LogP contribution is -2.43. The fourth-order valence-electron chi connectivity index (χ4n) is 3.30. The van der Waals surface area contributed by atoms with E-state index in [-0.39, 0.29) is 23.0 Å². The number of nitrogens with zero attached hydrogens (tertiary/aromatic N) is 2. The summed E-state index contributed by atoms with van der Waals surface area (Å²) >= 11 is 0. The van der Waals surface area contributed by atoms with Crippen molar-refractivity contribution >= 4 is 29.5 Å². The van der Waals surface area contributed by atoms with E-state index in [0.717, 1.165) is 48.9 Å². The maximum absolute atomic E-state index is 11.4. The minimum absolute atomic E-state index is 0. The molecule has 0 atom stereocenters. The van der Waals surface area contributed by atoms with E-state index >= 15 is 0 Å². The molecule has 2 aromatic rings. The minimum Gasteiger partial charge on any atom is -0.497 e. The van der Waals surface area contributed by atoms with E-state index in [1.807, 2.05) is 30.3 Å². The monoisotopic (exact) mass is 422 g/mol. The van der Waals surface area contributed by atoms with Gasteiger partial charge in [0, 0.05) is 50.5 Å². The third kappa shape index (κ3) is 5.88. The molecule has 158 valence electrons. The van der Waals surface area contributed by atoms with Gasteiger partial charge in [-0.05, 0) is 36.2 Å². The second-order valence-electron chi connectivity index (χ2n) is 6.59. The fourth-order valence-corrected chi connectivity index (χ4v) is 3.30. The molecule has 0 aliphatic carbocycles. The third-order valence-electron chi connectivity index (χ3n) is 4.80. The molecule has 0 aromatic heterocycles. The van der Waals surface area contributed by atoms with Crippen LogP contribution in [0.4, 0.5) is 17.1 Å². The SMILES string of the molecule is COc1cc(CCNc2cc(N3CCNCC3)ccc2[N+](=O)[O-])cc(OC)c1.Cl. The first kappa shape index (κ1) is 22.6. The summed E-state index contributed by atoms with van der Waals surface area (Å²) in [5, 5.41) is 18.0. The first-order valence-electron chi connectivity index (χ1n) is 9.30. The molecule has 0 spiro atoms. The Hall–Kier alpha value is -2.71. The van der Waals surface area contributed by atoms with Crippen LogP contribution in [0, 0.1) is 10.1 Å². The summed E-state index contributed by atoms with van der Waals surface area (Å²) in [6.45, 7) is 4.17. The number of piperazine rings is 1. The zero-order valence-corrected chi connectivity index (χ0v) is 17.5. The number of nitrogens with one attached hydrogen (secondary N) is 2. The van der Waals surface area contributed by atoms with Crippen LogP contribution in [-0.2, 0) is 6.42 Å². The molecule has 0 saturated carbocycles. The quantitative estimate of drug-likeness (QED) is 0.499. The molecule has 1 fully saturated rings. The molecule has 0 amide bonds. The van der Waals surface area contributed by atoms with Crippen molar-refractivity contribution in [2.24, 2.45) is 0 Å². The van der Waals surface area contributed by atoms with E-state index in [9.17, 15) is 10.1 Å². The predicted molar refractivity (Wildman–Crippen MR) is 117 cm³/mol. The Morgan fingerprint density at radius 3 is 2.34 bits per heavy atom. The first-order valence-corrected chi connectivity index (χ1v) is 9.30. The van der Waals surface area contributed by atoms with Gasteiger partial charge in [0.2, 0.25) is 0 Å². The average Bonchev–Trinajstić information content (AvgIpc) is 2.73. The van der Waals surface area contributed by atoms with Crippen LogP contribution in [-0.4, -0.2) is 51.9 Å². The largest absolute Gasteiger partial charge is 0.497 e. The second kappa shape index (κ2) is 10.7. The van der Waals surface area contributed by atoms with Crippen molar-refractivity contribution < 1.29 is 14.4 Å². The molecule has 1 heterocycles. The molecular weight excluding hydrogens is 396 g/mol. The zero-order valence-electron chi connectivity index (χ0n) is 16.6. The Bertz CT molecular complexity index is 806. The van der Waals surface area contributed by atoms with Crippen molar-refractivity contribution in [2.45, 2.75) is 6.42 Å². The molecule has 1 saturated heterocycles. The van der Waals surface area contributed by atoms with Crippen LogP contribution in [0.5, 0.6) is 11.5 Å². The van der Waals surface area contributed by atoms with Gasteiger partial charge in [0.1, 0.15) is 17.2 Å². The van der Waals surface area contributed by atoms with Gasteiger partial charge in [0.05, 0.1) is 19.1 Å². The van der Waals surface area contributed by atoms with Crippen molar-refractivity contribution in [3.8, 4) is 11.5 Å². The summed E-state index contributed by atoms with van der Waals surface area (Å²) in [7, 11) is 3.23. The second-order valence-corrected chi connectivity index (χ2v) is 6.59. The highest BCUT2D eigenvalue weighted by Gasteiger charge is 2.17. The third-order valence-corrected chi connectivity index (χ3v) is 4.80. The Morgan fingerprint density at radius 1 is 1.10 bits per heavy atom. The van der Waals surface area contributed by atoms with Crippen LogP contribution in [0.1, 0.15) is 5.56 Å².